The molecule has 4 nitrogen and oxygen atoms in total. The zero-order chi connectivity index (χ0) is 13.2. The van der Waals surface area contributed by atoms with Gasteiger partial charge in [-0.15, -0.1) is 0 Å². The van der Waals surface area contributed by atoms with Gasteiger partial charge in [-0.2, -0.15) is 0 Å². The van der Waals surface area contributed by atoms with Crippen molar-refractivity contribution in [2.45, 2.75) is 6.92 Å². The van der Waals surface area contributed by atoms with Gasteiger partial charge < -0.3 is 9.84 Å². The quantitative estimate of drug-likeness (QED) is 0.759. The van der Waals surface area contributed by atoms with Crippen LogP contribution < -0.4 is 4.74 Å². The first kappa shape index (κ1) is 11.5. The van der Waals surface area contributed by atoms with Crippen LogP contribution in [-0.2, 0) is 0 Å². The Labute approximate surface area is 110 Å². The number of hydrogen-bond donors (Lipinski definition) is 1. The minimum absolute atomic E-state index is 0.156. The Hall–Kier alpha value is -2.62. The summed E-state index contributed by atoms with van der Waals surface area (Å²) in [7, 11) is 0. The normalized spacial score (nSPS) is 10.6. The van der Waals surface area contributed by atoms with E-state index in [0.29, 0.717) is 17.3 Å². The maximum Gasteiger partial charge on any atom is 0.241 e. The fourth-order valence-electron chi connectivity index (χ4n) is 1.83. The average molecular weight is 252 g/mol. The molecule has 1 heterocycles. The molecule has 0 radical (unpaired) electrons. The van der Waals surface area contributed by atoms with Crippen molar-refractivity contribution in [1.82, 2.24) is 9.97 Å². The van der Waals surface area contributed by atoms with Crippen molar-refractivity contribution in [3.8, 4) is 17.4 Å². The van der Waals surface area contributed by atoms with Crippen molar-refractivity contribution in [3.05, 3.63) is 54.2 Å². The van der Waals surface area contributed by atoms with E-state index in [2.05, 4.69) is 9.97 Å². The number of para-hydroxylation sites is 2. The van der Waals surface area contributed by atoms with Gasteiger partial charge in [0, 0.05) is 6.07 Å². The Morgan fingerprint density at radius 3 is 2.42 bits per heavy atom. The Morgan fingerprint density at radius 2 is 1.68 bits per heavy atom. The molecule has 19 heavy (non-hydrogen) atoms. The molecule has 0 aliphatic rings. The number of fused-ring (bicyclic) bond motifs is 1. The van der Waals surface area contributed by atoms with Crippen LogP contribution in [-0.4, -0.2) is 15.1 Å². The van der Waals surface area contributed by atoms with E-state index in [1.807, 2.05) is 31.2 Å². The van der Waals surface area contributed by atoms with Gasteiger partial charge in [0.1, 0.15) is 17.2 Å². The molecule has 0 unspecified atom stereocenters. The molecule has 0 saturated heterocycles. The first-order chi connectivity index (χ1) is 9.22. The van der Waals surface area contributed by atoms with E-state index in [1.165, 1.54) is 6.07 Å². The Balaban J connectivity index is 2.03. The molecule has 1 aromatic heterocycles. The van der Waals surface area contributed by atoms with Gasteiger partial charge in [-0.1, -0.05) is 18.2 Å². The van der Waals surface area contributed by atoms with Crippen LogP contribution in [0, 0.1) is 6.92 Å². The fourth-order valence-corrected chi connectivity index (χ4v) is 1.83. The predicted octanol–water partition coefficient (Wildman–Crippen LogP) is 3.44. The molecule has 0 saturated carbocycles. The summed E-state index contributed by atoms with van der Waals surface area (Å²) in [5.74, 6) is 1.14. The molecule has 0 atom stereocenters. The van der Waals surface area contributed by atoms with Crippen LogP contribution in [0.4, 0.5) is 0 Å². The number of phenolic OH excluding ortho intramolecular Hbond substituents is 1. The highest BCUT2D eigenvalue weighted by Gasteiger charge is 2.07. The fraction of sp³-hybridized carbons (Fsp3) is 0.0667. The summed E-state index contributed by atoms with van der Waals surface area (Å²) in [6, 6.07) is 14.2. The van der Waals surface area contributed by atoms with E-state index in [1.54, 1.807) is 18.2 Å². The van der Waals surface area contributed by atoms with E-state index >= 15 is 0 Å². The lowest BCUT2D eigenvalue weighted by atomic mass is 10.3. The zero-order valence-electron chi connectivity index (χ0n) is 10.4. The van der Waals surface area contributed by atoms with Crippen molar-refractivity contribution in [3.63, 3.8) is 0 Å². The molecule has 3 rings (SSSR count). The molecule has 1 N–H and O–H groups in total. The van der Waals surface area contributed by atoms with Crippen molar-refractivity contribution < 1.29 is 9.84 Å². The van der Waals surface area contributed by atoms with Gasteiger partial charge in [0.2, 0.25) is 5.88 Å². The van der Waals surface area contributed by atoms with Crippen LogP contribution in [0.5, 0.6) is 17.4 Å². The van der Waals surface area contributed by atoms with E-state index in [0.717, 1.165) is 11.0 Å². The van der Waals surface area contributed by atoms with Crippen molar-refractivity contribution >= 4 is 11.0 Å². The van der Waals surface area contributed by atoms with E-state index < -0.39 is 0 Å². The summed E-state index contributed by atoms with van der Waals surface area (Å²) in [6.45, 7) is 1.84. The van der Waals surface area contributed by atoms with Gasteiger partial charge in [0.15, 0.2) is 0 Å². The van der Waals surface area contributed by atoms with Gasteiger partial charge in [-0.25, -0.2) is 9.97 Å². The average Bonchev–Trinajstić information content (AvgIpc) is 2.40. The molecule has 3 aromatic rings. The first-order valence-electron chi connectivity index (χ1n) is 5.92. The third-order valence-corrected chi connectivity index (χ3v) is 2.73. The lowest BCUT2D eigenvalue weighted by molar-refractivity contribution is 0.442. The Morgan fingerprint density at radius 1 is 0.947 bits per heavy atom. The number of phenols is 1. The molecule has 0 bridgehead atoms. The lowest BCUT2D eigenvalue weighted by Gasteiger charge is -2.08. The Bertz CT molecular complexity index is 741. The number of benzene rings is 2. The highest BCUT2D eigenvalue weighted by Crippen LogP contribution is 2.26. The number of aryl methyl sites for hydroxylation is 1. The summed E-state index contributed by atoms with van der Waals surface area (Å²) in [5, 5.41) is 9.42. The molecule has 0 fully saturated rings. The third kappa shape index (κ3) is 2.33. The molecule has 0 amide bonds. The largest absolute Gasteiger partial charge is 0.508 e. The van der Waals surface area contributed by atoms with Crippen LogP contribution in [0.15, 0.2) is 48.5 Å². The number of aromatic hydroxyl groups is 1. The summed E-state index contributed by atoms with van der Waals surface area (Å²) >= 11 is 0. The highest BCUT2D eigenvalue weighted by atomic mass is 16.5. The maximum atomic E-state index is 9.42. The minimum atomic E-state index is 0.156. The van der Waals surface area contributed by atoms with Crippen LogP contribution >= 0.6 is 0 Å². The Kier molecular flexibility index (Phi) is 2.76. The molecule has 4 heteroatoms. The SMILES string of the molecule is Cc1nc2ccccc2nc1Oc1cccc(O)c1. The standard InChI is InChI=1S/C15H12N2O2/c1-10-15(19-12-6-4-5-11(18)9-12)17-14-8-3-2-7-13(14)16-10/h2-9,18H,1H3. The van der Waals surface area contributed by atoms with E-state index in [-0.39, 0.29) is 5.75 Å². The van der Waals surface area contributed by atoms with Crippen LogP contribution in [0.25, 0.3) is 11.0 Å². The second-order valence-electron chi connectivity index (χ2n) is 4.20. The summed E-state index contributed by atoms with van der Waals surface area (Å²) < 4.78 is 5.66. The van der Waals surface area contributed by atoms with Gasteiger partial charge >= 0.3 is 0 Å². The summed E-state index contributed by atoms with van der Waals surface area (Å²) in [6.07, 6.45) is 0. The van der Waals surface area contributed by atoms with E-state index in [9.17, 15) is 5.11 Å². The van der Waals surface area contributed by atoms with Crippen molar-refractivity contribution in [2.75, 3.05) is 0 Å². The van der Waals surface area contributed by atoms with Crippen LogP contribution in [0.2, 0.25) is 0 Å². The number of ether oxygens (including phenoxy) is 1. The second kappa shape index (κ2) is 4.57. The molecule has 0 spiro atoms. The smallest absolute Gasteiger partial charge is 0.241 e. The second-order valence-corrected chi connectivity index (χ2v) is 4.20. The number of nitrogens with zero attached hydrogens (tertiary/aromatic N) is 2. The molecule has 0 aliphatic carbocycles. The first-order valence-corrected chi connectivity index (χ1v) is 5.92. The van der Waals surface area contributed by atoms with Crippen LogP contribution in [0.3, 0.4) is 0 Å². The molecule has 2 aromatic carbocycles. The van der Waals surface area contributed by atoms with Gasteiger partial charge in [0.05, 0.1) is 11.0 Å². The molecular formula is C15H12N2O2. The van der Waals surface area contributed by atoms with Crippen LogP contribution in [0.1, 0.15) is 5.69 Å². The number of hydrogen-bond acceptors (Lipinski definition) is 4. The molecular weight excluding hydrogens is 240 g/mol. The monoisotopic (exact) mass is 252 g/mol. The predicted molar refractivity (Wildman–Crippen MR) is 72.5 cm³/mol. The summed E-state index contributed by atoms with van der Waals surface area (Å²) in [5.41, 5.74) is 2.33. The van der Waals surface area contributed by atoms with Crippen molar-refractivity contribution in [1.29, 1.82) is 0 Å². The highest BCUT2D eigenvalue weighted by molar-refractivity contribution is 5.74. The third-order valence-electron chi connectivity index (χ3n) is 2.73. The van der Waals surface area contributed by atoms with Gasteiger partial charge in [-0.3, -0.25) is 0 Å². The number of aromatic nitrogens is 2. The van der Waals surface area contributed by atoms with Gasteiger partial charge in [0.25, 0.3) is 0 Å². The minimum Gasteiger partial charge on any atom is -0.508 e. The van der Waals surface area contributed by atoms with E-state index in [4.69, 9.17) is 4.74 Å². The topological polar surface area (TPSA) is 55.2 Å². The molecule has 94 valence electrons. The summed E-state index contributed by atoms with van der Waals surface area (Å²) in [4.78, 5) is 8.88. The lowest BCUT2D eigenvalue weighted by Crippen LogP contribution is -1.95. The van der Waals surface area contributed by atoms with Crippen molar-refractivity contribution in [2.24, 2.45) is 0 Å². The maximum absolute atomic E-state index is 9.42. The van der Waals surface area contributed by atoms with Gasteiger partial charge in [-0.05, 0) is 31.2 Å². The zero-order valence-corrected chi connectivity index (χ0v) is 10.4. The number of rotatable bonds is 2. The molecule has 0 aliphatic heterocycles.